The van der Waals surface area contributed by atoms with E-state index in [2.05, 4.69) is 20.0 Å². The fourth-order valence-corrected chi connectivity index (χ4v) is 4.42. The van der Waals surface area contributed by atoms with Gasteiger partial charge in [-0.05, 0) is 37.5 Å². The molecule has 4 N–H and O–H groups in total. The molecule has 1 aromatic heterocycles. The Bertz CT molecular complexity index is 1110. The molecule has 0 unspecified atom stereocenters. The summed E-state index contributed by atoms with van der Waals surface area (Å²) in [6.45, 7) is 2.24. The van der Waals surface area contributed by atoms with Gasteiger partial charge in [0.1, 0.15) is 5.82 Å². The second kappa shape index (κ2) is 7.81. The van der Waals surface area contributed by atoms with Crippen LogP contribution in [0, 0.1) is 6.92 Å². The average molecular weight is 410 g/mol. The highest BCUT2D eigenvalue weighted by molar-refractivity contribution is 7.90. The molecule has 29 heavy (non-hydrogen) atoms. The zero-order valence-corrected chi connectivity index (χ0v) is 16.9. The molecule has 1 aliphatic rings. The summed E-state index contributed by atoms with van der Waals surface area (Å²) in [6, 6.07) is 17.4. The molecule has 4 rings (SSSR count). The number of nitrogens with one attached hydrogen (secondary N) is 2. The van der Waals surface area contributed by atoms with E-state index in [9.17, 15) is 8.42 Å². The van der Waals surface area contributed by atoms with E-state index in [1.165, 1.54) is 0 Å². The topological polar surface area (TPSA) is 110 Å². The third-order valence-electron chi connectivity index (χ3n) is 4.87. The third-order valence-corrected chi connectivity index (χ3v) is 6.76. The first-order chi connectivity index (χ1) is 13.9. The van der Waals surface area contributed by atoms with Gasteiger partial charge >= 0.3 is 0 Å². The fraction of sp³-hybridized carbons (Fsp3) is 0.238. The van der Waals surface area contributed by atoms with Crippen molar-refractivity contribution in [3.05, 3.63) is 65.7 Å². The lowest BCUT2D eigenvalue weighted by Gasteiger charge is -2.13. The van der Waals surface area contributed by atoms with Crippen LogP contribution in [-0.2, 0) is 16.6 Å². The van der Waals surface area contributed by atoms with E-state index in [0.717, 1.165) is 40.9 Å². The summed E-state index contributed by atoms with van der Waals surface area (Å²) in [7, 11) is -3.18. The molecule has 1 fully saturated rings. The molecule has 0 amide bonds. The van der Waals surface area contributed by atoms with Crippen LogP contribution < -0.4 is 15.8 Å². The number of nitrogens with two attached hydrogens (primary N) is 1. The molecule has 1 saturated carbocycles. The molecule has 2 aromatic carbocycles. The maximum atomic E-state index is 11.9. The lowest BCUT2D eigenvalue weighted by atomic mass is 10.1. The highest BCUT2D eigenvalue weighted by Crippen LogP contribution is 2.29. The molecule has 8 heteroatoms. The first-order valence-electron chi connectivity index (χ1n) is 9.46. The Hall–Kier alpha value is -2.97. The maximum Gasteiger partial charge on any atom is 0.222 e. The first-order valence-corrected chi connectivity index (χ1v) is 11.0. The van der Waals surface area contributed by atoms with E-state index in [1.807, 2.05) is 61.5 Å². The van der Waals surface area contributed by atoms with Crippen molar-refractivity contribution >= 4 is 27.5 Å². The van der Waals surface area contributed by atoms with Gasteiger partial charge in [0.15, 0.2) is 0 Å². The number of hydrogen-bond acceptors (Lipinski definition) is 6. The van der Waals surface area contributed by atoms with Crippen molar-refractivity contribution in [2.24, 2.45) is 0 Å². The van der Waals surface area contributed by atoms with Gasteiger partial charge < -0.3 is 11.1 Å². The highest BCUT2D eigenvalue weighted by atomic mass is 32.2. The highest BCUT2D eigenvalue weighted by Gasteiger charge is 2.35. The fourth-order valence-electron chi connectivity index (χ4n) is 3.06. The predicted octanol–water partition coefficient (Wildman–Crippen LogP) is 3.36. The van der Waals surface area contributed by atoms with E-state index >= 15 is 0 Å². The van der Waals surface area contributed by atoms with Crippen LogP contribution in [0.3, 0.4) is 0 Å². The number of sulfonamides is 1. The zero-order chi connectivity index (χ0) is 20.4. The Kier molecular flexibility index (Phi) is 5.21. The lowest BCUT2D eigenvalue weighted by molar-refractivity contribution is 0.580. The first kappa shape index (κ1) is 19.4. The van der Waals surface area contributed by atoms with Gasteiger partial charge in [0.05, 0.1) is 10.9 Å². The quantitative estimate of drug-likeness (QED) is 0.552. The minimum atomic E-state index is -3.18. The molecule has 0 aliphatic heterocycles. The van der Waals surface area contributed by atoms with Crippen molar-refractivity contribution < 1.29 is 8.42 Å². The van der Waals surface area contributed by atoms with Crippen molar-refractivity contribution in [1.29, 1.82) is 0 Å². The molecule has 0 spiro atoms. The van der Waals surface area contributed by atoms with Crippen LogP contribution in [-0.4, -0.2) is 23.6 Å². The molecule has 0 bridgehead atoms. The van der Waals surface area contributed by atoms with Gasteiger partial charge in [-0.1, -0.05) is 42.5 Å². The number of anilines is 3. The van der Waals surface area contributed by atoms with Crippen LogP contribution in [0.15, 0.2) is 54.6 Å². The summed E-state index contributed by atoms with van der Waals surface area (Å²) in [5, 5.41) is 3.07. The van der Waals surface area contributed by atoms with Crippen LogP contribution in [0.2, 0.25) is 0 Å². The molecule has 1 heterocycles. The Morgan fingerprint density at radius 3 is 2.38 bits per heavy atom. The number of benzene rings is 2. The van der Waals surface area contributed by atoms with E-state index in [4.69, 9.17) is 5.73 Å². The van der Waals surface area contributed by atoms with E-state index in [0.29, 0.717) is 5.82 Å². The van der Waals surface area contributed by atoms with Crippen molar-refractivity contribution in [2.45, 2.75) is 31.6 Å². The van der Waals surface area contributed by atoms with Crippen LogP contribution in [0.25, 0.3) is 11.3 Å². The third kappa shape index (κ3) is 4.55. The zero-order valence-electron chi connectivity index (χ0n) is 16.1. The van der Waals surface area contributed by atoms with Crippen molar-refractivity contribution in [3.63, 3.8) is 0 Å². The van der Waals surface area contributed by atoms with Crippen molar-refractivity contribution in [1.82, 2.24) is 14.7 Å². The Morgan fingerprint density at radius 2 is 1.72 bits per heavy atom. The van der Waals surface area contributed by atoms with Crippen molar-refractivity contribution in [2.75, 3.05) is 11.1 Å². The molecule has 150 valence electrons. The summed E-state index contributed by atoms with van der Waals surface area (Å²) in [4.78, 5) is 8.72. The van der Waals surface area contributed by atoms with Gasteiger partial charge in [0.25, 0.3) is 0 Å². The van der Waals surface area contributed by atoms with Crippen molar-refractivity contribution in [3.8, 4) is 11.3 Å². The smallest absolute Gasteiger partial charge is 0.222 e. The Morgan fingerprint density at radius 1 is 1.03 bits per heavy atom. The Labute approximate surface area is 170 Å². The van der Waals surface area contributed by atoms with Crippen LogP contribution >= 0.6 is 0 Å². The number of rotatable bonds is 7. The SMILES string of the molecule is Cc1c(Nc2ccc(CNS(=O)(=O)C3CC3)cc2)nc(N)nc1-c1ccccc1. The van der Waals surface area contributed by atoms with E-state index in [-0.39, 0.29) is 17.7 Å². The molecule has 1 aliphatic carbocycles. The minimum absolute atomic E-state index is 0.197. The largest absolute Gasteiger partial charge is 0.368 e. The van der Waals surface area contributed by atoms with Crippen LogP contribution in [0.1, 0.15) is 24.0 Å². The predicted molar refractivity (Wildman–Crippen MR) is 115 cm³/mol. The Balaban J connectivity index is 1.50. The summed E-state index contributed by atoms with van der Waals surface area (Å²) >= 11 is 0. The average Bonchev–Trinajstić information content (AvgIpc) is 3.57. The maximum absolute atomic E-state index is 11.9. The minimum Gasteiger partial charge on any atom is -0.368 e. The summed E-state index contributed by atoms with van der Waals surface area (Å²) < 4.78 is 26.5. The van der Waals surface area contributed by atoms with Crippen LogP contribution in [0.4, 0.5) is 17.5 Å². The second-order valence-electron chi connectivity index (χ2n) is 7.16. The molecular formula is C21H23N5O2S. The molecule has 0 atom stereocenters. The summed E-state index contributed by atoms with van der Waals surface area (Å²) in [5.74, 6) is 0.835. The number of nitrogen functional groups attached to an aromatic ring is 1. The van der Waals surface area contributed by atoms with Gasteiger partial charge in [-0.25, -0.2) is 18.1 Å². The van der Waals surface area contributed by atoms with E-state index < -0.39 is 10.0 Å². The van der Waals surface area contributed by atoms with Gasteiger partial charge in [-0.2, -0.15) is 4.98 Å². The van der Waals surface area contributed by atoms with Gasteiger partial charge in [-0.3, -0.25) is 0 Å². The molecule has 7 nitrogen and oxygen atoms in total. The number of hydrogen-bond donors (Lipinski definition) is 3. The lowest BCUT2D eigenvalue weighted by Crippen LogP contribution is -2.26. The summed E-state index contributed by atoms with van der Waals surface area (Å²) in [6.07, 6.45) is 1.51. The molecular weight excluding hydrogens is 386 g/mol. The van der Waals surface area contributed by atoms with Crippen LogP contribution in [0.5, 0.6) is 0 Å². The number of aromatic nitrogens is 2. The molecule has 3 aromatic rings. The standard InChI is InChI=1S/C21H23N5O2S/c1-14-19(16-5-3-2-4-6-16)25-21(22)26-20(14)24-17-9-7-15(8-10-17)13-23-29(27,28)18-11-12-18/h2-10,18,23H,11-13H2,1H3,(H3,22,24,25,26). The van der Waals surface area contributed by atoms with Gasteiger partial charge in [0.2, 0.25) is 16.0 Å². The van der Waals surface area contributed by atoms with Gasteiger partial charge in [0, 0.05) is 23.4 Å². The van der Waals surface area contributed by atoms with Gasteiger partial charge in [-0.15, -0.1) is 0 Å². The normalized spacial score (nSPS) is 14.0. The molecule has 0 radical (unpaired) electrons. The second-order valence-corrected chi connectivity index (χ2v) is 9.20. The molecule has 0 saturated heterocycles. The van der Waals surface area contributed by atoms with E-state index in [1.54, 1.807) is 0 Å². The summed E-state index contributed by atoms with van der Waals surface area (Å²) in [5.41, 5.74) is 10.3. The number of nitrogens with zero attached hydrogens (tertiary/aromatic N) is 2. The monoisotopic (exact) mass is 409 g/mol.